The average Bonchev–Trinajstić information content (AvgIpc) is 3.12. The van der Waals surface area contributed by atoms with Gasteiger partial charge in [-0.15, -0.1) is 5.10 Å². The summed E-state index contributed by atoms with van der Waals surface area (Å²) in [6.07, 6.45) is 1.30. The van der Waals surface area contributed by atoms with Gasteiger partial charge in [-0.05, 0) is 59.7 Å². The fourth-order valence-corrected chi connectivity index (χ4v) is 2.83. The Morgan fingerprint density at radius 3 is 2.68 bits per heavy atom. The number of H-pyrrole nitrogens is 1. The minimum atomic E-state index is -3.76. The lowest BCUT2D eigenvalue weighted by Gasteiger charge is -2.11. The summed E-state index contributed by atoms with van der Waals surface area (Å²) >= 11 is 9.92. The molecule has 1 heterocycles. The fourth-order valence-electron chi connectivity index (χ4n) is 2.52. The molecule has 0 radical (unpaired) electrons. The van der Waals surface area contributed by atoms with Crippen LogP contribution in [0, 0.1) is 14.9 Å². The maximum absolute atomic E-state index is 13.4. The monoisotopic (exact) mass is 469 g/mol. The molecule has 1 N–H and O–H groups in total. The van der Waals surface area contributed by atoms with E-state index < -0.39 is 16.1 Å². The van der Waals surface area contributed by atoms with Gasteiger partial charge in [0.05, 0.1) is 18.2 Å². The summed E-state index contributed by atoms with van der Waals surface area (Å²) in [5, 5.41) is 16.5. The van der Waals surface area contributed by atoms with Crippen molar-refractivity contribution >= 4 is 35.7 Å². The van der Waals surface area contributed by atoms with Crippen molar-refractivity contribution in [2.75, 3.05) is 7.11 Å². The predicted octanol–water partition coefficient (Wildman–Crippen LogP) is 4.61. The zero-order chi connectivity index (χ0) is 22.6. The number of benzene rings is 2. The third kappa shape index (κ3) is 5.41. The number of rotatable bonds is 8. The largest absolute Gasteiger partial charge is 0.496 e. The summed E-state index contributed by atoms with van der Waals surface area (Å²) in [7, 11) is 1.48. The summed E-state index contributed by atoms with van der Waals surface area (Å²) in [6.45, 7) is 0.0821. The molecule has 0 aliphatic carbocycles. The van der Waals surface area contributed by atoms with Crippen LogP contribution in [-0.4, -0.2) is 33.1 Å². The molecular weight excluding hydrogens is 456 g/mol. The van der Waals surface area contributed by atoms with Crippen LogP contribution in [0.2, 0.25) is 0 Å². The third-order valence-corrected chi connectivity index (χ3v) is 4.41. The van der Waals surface area contributed by atoms with Crippen molar-refractivity contribution in [1.29, 1.82) is 0 Å². The van der Waals surface area contributed by atoms with Crippen molar-refractivity contribution in [3.63, 3.8) is 0 Å². The van der Waals surface area contributed by atoms with Crippen molar-refractivity contribution < 1.29 is 23.2 Å². The summed E-state index contributed by atoms with van der Waals surface area (Å²) in [5.74, 6) is 0.100. The van der Waals surface area contributed by atoms with Gasteiger partial charge in [0.25, 0.3) is 5.69 Å². The molecule has 0 bridgehead atoms. The second-order valence-corrected chi connectivity index (χ2v) is 6.88. The molecule has 0 atom stereocenters. The maximum Gasteiger partial charge on any atom is 0.383 e. The maximum atomic E-state index is 13.4. The number of nitrogens with one attached hydrogen (secondary N) is 1. The molecule has 162 valence electrons. The van der Waals surface area contributed by atoms with Crippen LogP contribution in [0.5, 0.6) is 11.5 Å². The first-order chi connectivity index (χ1) is 14.7. The minimum absolute atomic E-state index is 0.0529. The van der Waals surface area contributed by atoms with E-state index in [-0.39, 0.29) is 17.1 Å². The number of non-ortho nitro benzene ring substituents is 1. The topological polar surface area (TPSA) is 108 Å². The highest BCUT2D eigenvalue weighted by Crippen LogP contribution is 2.30. The first-order valence-corrected chi connectivity index (χ1v) is 9.31. The highest BCUT2D eigenvalue weighted by molar-refractivity contribution is 7.71. The molecule has 1 aromatic heterocycles. The smallest absolute Gasteiger partial charge is 0.383 e. The normalized spacial score (nSPS) is 11.6. The van der Waals surface area contributed by atoms with Gasteiger partial charge in [-0.25, -0.2) is 5.10 Å². The van der Waals surface area contributed by atoms with Crippen LogP contribution >= 0.6 is 23.8 Å². The summed E-state index contributed by atoms with van der Waals surface area (Å²) in [5.41, 5.74) is 1.11. The van der Waals surface area contributed by atoms with E-state index in [1.165, 1.54) is 37.6 Å². The highest BCUT2D eigenvalue weighted by atomic mass is 35.5. The average molecular weight is 470 g/mol. The van der Waals surface area contributed by atoms with Gasteiger partial charge in [0.15, 0.2) is 0 Å². The van der Waals surface area contributed by atoms with Crippen molar-refractivity contribution in [2.24, 2.45) is 5.10 Å². The first-order valence-electron chi connectivity index (χ1n) is 8.52. The quantitative estimate of drug-likeness (QED) is 0.170. The van der Waals surface area contributed by atoms with E-state index >= 15 is 0 Å². The number of methoxy groups -OCH3 is 1. The van der Waals surface area contributed by atoms with Gasteiger partial charge < -0.3 is 9.47 Å². The number of hydrogen-bond acceptors (Lipinski definition) is 7. The number of nitro benzene ring substituents is 1. The van der Waals surface area contributed by atoms with Crippen molar-refractivity contribution in [3.8, 4) is 11.5 Å². The van der Waals surface area contributed by atoms with E-state index in [9.17, 15) is 18.9 Å². The van der Waals surface area contributed by atoms with E-state index in [0.717, 1.165) is 4.68 Å². The summed E-state index contributed by atoms with van der Waals surface area (Å²) < 4.78 is 38.4. The van der Waals surface area contributed by atoms with Gasteiger partial charge >= 0.3 is 5.38 Å². The number of aromatic amines is 1. The van der Waals surface area contributed by atoms with E-state index in [1.807, 2.05) is 0 Å². The number of aromatic nitrogens is 3. The number of ether oxygens (including phenoxy) is 2. The standard InChI is InChI=1S/C18H14ClF2N5O4S/c1-29-15-7-2-11(9-22-25-16(18(19,20)21)23-24-17(25)31)8-12(15)10-30-14-5-3-13(4-6-14)26(27)28/h2-9H,10H2,1H3,(H,24,31). The zero-order valence-electron chi connectivity index (χ0n) is 15.8. The van der Waals surface area contributed by atoms with Crippen LogP contribution in [-0.2, 0) is 12.0 Å². The Hall–Kier alpha value is -3.38. The van der Waals surface area contributed by atoms with Crippen molar-refractivity contribution in [2.45, 2.75) is 12.0 Å². The van der Waals surface area contributed by atoms with E-state index in [4.69, 9.17) is 33.3 Å². The Morgan fingerprint density at radius 2 is 2.06 bits per heavy atom. The predicted molar refractivity (Wildman–Crippen MR) is 111 cm³/mol. The number of nitro groups is 1. The fraction of sp³-hybridized carbons (Fsp3) is 0.167. The molecule has 13 heteroatoms. The Kier molecular flexibility index (Phi) is 6.61. The van der Waals surface area contributed by atoms with Gasteiger partial charge in [0.2, 0.25) is 10.6 Å². The van der Waals surface area contributed by atoms with Gasteiger partial charge in [-0.3, -0.25) is 10.1 Å². The highest BCUT2D eigenvalue weighted by Gasteiger charge is 2.35. The molecule has 0 fully saturated rings. The molecule has 0 aliphatic rings. The van der Waals surface area contributed by atoms with Gasteiger partial charge in [-0.2, -0.15) is 18.6 Å². The zero-order valence-corrected chi connectivity index (χ0v) is 17.4. The molecule has 31 heavy (non-hydrogen) atoms. The lowest BCUT2D eigenvalue weighted by Crippen LogP contribution is -2.11. The second-order valence-electron chi connectivity index (χ2n) is 6.02. The summed E-state index contributed by atoms with van der Waals surface area (Å²) in [6, 6.07) is 10.6. The van der Waals surface area contributed by atoms with Crippen molar-refractivity contribution in [3.05, 3.63) is 74.3 Å². The Bertz CT molecular complexity index is 1170. The van der Waals surface area contributed by atoms with Crippen LogP contribution in [0.3, 0.4) is 0 Å². The molecule has 0 amide bonds. The lowest BCUT2D eigenvalue weighted by atomic mass is 10.1. The summed E-state index contributed by atoms with van der Waals surface area (Å²) in [4.78, 5) is 10.2. The van der Waals surface area contributed by atoms with Crippen LogP contribution < -0.4 is 9.47 Å². The third-order valence-electron chi connectivity index (χ3n) is 3.97. The molecule has 0 aliphatic heterocycles. The lowest BCUT2D eigenvalue weighted by molar-refractivity contribution is -0.384. The Labute approximate surface area is 184 Å². The molecule has 9 nitrogen and oxygen atoms in total. The first kappa shape index (κ1) is 22.3. The molecule has 3 aromatic rings. The van der Waals surface area contributed by atoms with Crippen LogP contribution in [0.1, 0.15) is 17.0 Å². The van der Waals surface area contributed by atoms with Crippen LogP contribution in [0.15, 0.2) is 47.6 Å². The van der Waals surface area contributed by atoms with Gasteiger partial charge in [0.1, 0.15) is 18.1 Å². The van der Waals surface area contributed by atoms with Crippen LogP contribution in [0.4, 0.5) is 14.5 Å². The van der Waals surface area contributed by atoms with E-state index in [2.05, 4.69) is 15.3 Å². The van der Waals surface area contributed by atoms with Gasteiger partial charge in [0, 0.05) is 17.7 Å². The molecule has 0 saturated heterocycles. The van der Waals surface area contributed by atoms with Crippen LogP contribution in [0.25, 0.3) is 0 Å². The number of hydrogen-bond donors (Lipinski definition) is 1. The SMILES string of the molecule is COc1ccc(C=Nn2c(C(F)(F)Cl)n[nH]c2=S)cc1COc1ccc([N+](=O)[O-])cc1. The minimum Gasteiger partial charge on any atom is -0.496 e. The Balaban J connectivity index is 1.81. The number of halogens is 3. The Morgan fingerprint density at radius 1 is 1.35 bits per heavy atom. The second kappa shape index (κ2) is 9.18. The molecule has 3 rings (SSSR count). The number of nitrogens with zero attached hydrogens (tertiary/aromatic N) is 4. The molecular formula is C18H14ClF2N5O4S. The molecule has 0 spiro atoms. The van der Waals surface area contributed by atoms with Gasteiger partial charge in [-0.1, -0.05) is 0 Å². The number of alkyl halides is 3. The van der Waals surface area contributed by atoms with E-state index in [0.29, 0.717) is 22.6 Å². The van der Waals surface area contributed by atoms with Crippen molar-refractivity contribution in [1.82, 2.24) is 14.9 Å². The molecule has 0 unspecified atom stereocenters. The molecule has 0 saturated carbocycles. The van der Waals surface area contributed by atoms with E-state index in [1.54, 1.807) is 18.2 Å². The molecule has 2 aromatic carbocycles.